The predicted octanol–water partition coefficient (Wildman–Crippen LogP) is -10.9. The van der Waals surface area contributed by atoms with Gasteiger partial charge in [-0.15, -0.1) is 0 Å². The normalized spacial score (nSPS) is 1.71. The minimum absolute atomic E-state index is 0. The second-order valence-electron chi connectivity index (χ2n) is 0. The van der Waals surface area contributed by atoms with E-state index in [0.29, 0.717) is 0 Å². The molecule has 0 saturated carbocycles. The van der Waals surface area contributed by atoms with Crippen LogP contribution in [0, 0.1) is 0 Å². The van der Waals surface area contributed by atoms with Crippen molar-refractivity contribution in [1.29, 1.82) is 0 Å². The Hall–Kier alpha value is 2.92. The van der Waals surface area contributed by atoms with Gasteiger partial charge in [-0.25, -0.2) is 0 Å². The summed E-state index contributed by atoms with van der Waals surface area (Å²) in [6.45, 7) is 0. The Morgan fingerprint density at radius 1 is 0.714 bits per heavy atom. The molecule has 0 heterocycles. The van der Waals surface area contributed by atoms with Gasteiger partial charge in [-0.05, 0) is 0 Å². The molecular weight excluding hydrogens is 125 g/mol. The first-order valence-corrected chi connectivity index (χ1v) is 0.816. The molecule has 0 N–H and O–H groups in total. The van der Waals surface area contributed by atoms with Gasteiger partial charge in [0.1, 0.15) is 0 Å². The van der Waals surface area contributed by atoms with Gasteiger partial charge in [0.2, 0.25) is 0 Å². The predicted molar refractivity (Wildman–Crippen MR) is 13.0 cm³/mol. The summed E-state index contributed by atoms with van der Waals surface area (Å²) >= 11 is 0. The molecule has 0 aromatic heterocycles. The van der Waals surface area contributed by atoms with Crippen LogP contribution in [-0.2, 0) is 0 Å². The third kappa shape index (κ3) is 50.1. The van der Waals surface area contributed by atoms with Crippen molar-refractivity contribution in [2.75, 3.05) is 14.2 Å². The second-order valence-corrected chi connectivity index (χ2v) is 0. The summed E-state index contributed by atoms with van der Waals surface area (Å²) in [5.74, 6) is 0. The van der Waals surface area contributed by atoms with Crippen molar-refractivity contribution in [3.05, 3.63) is 0 Å². The van der Waals surface area contributed by atoms with E-state index >= 15 is 0 Å². The van der Waals surface area contributed by atoms with Crippen molar-refractivity contribution in [2.45, 2.75) is 0 Å². The van der Waals surface area contributed by atoms with Crippen molar-refractivity contribution in [3.8, 4) is 0 Å². The fraction of sp³-hybridized carbons (Fsp3) is 1.00. The molecule has 0 aliphatic rings. The Morgan fingerprint density at radius 2 is 0.714 bits per heavy atom. The van der Waals surface area contributed by atoms with Gasteiger partial charge < -0.3 is 11.6 Å². The van der Waals surface area contributed by atoms with Crippen LogP contribution in [0.4, 0.5) is 0 Å². The van der Waals surface area contributed by atoms with Crippen molar-refractivity contribution >= 4 is 0 Å². The van der Waals surface area contributed by atoms with E-state index in [9.17, 15) is 0 Å². The molecule has 0 amide bonds. The van der Waals surface area contributed by atoms with E-state index < -0.39 is 0 Å². The number of hydrogen-bond acceptors (Lipinski definition) is 2. The summed E-state index contributed by atoms with van der Waals surface area (Å²) in [6.07, 6.45) is 0. The van der Waals surface area contributed by atoms with Gasteiger partial charge in [-0.1, -0.05) is 0 Å². The molecule has 0 aliphatic carbocycles. The average molecular weight is 132 g/mol. The molecule has 7 heavy (non-hydrogen) atoms. The molecule has 0 rings (SSSR count). The van der Waals surface area contributed by atoms with Crippen LogP contribution in [0.25, 0.3) is 0 Å². The first kappa shape index (κ1) is 32.6. The Morgan fingerprint density at radius 3 is 0.714 bits per heavy atom. The van der Waals surface area contributed by atoms with E-state index in [0.717, 1.165) is 14.2 Å². The Bertz CT molecular complexity index is 15.2. The van der Waals surface area contributed by atoms with E-state index in [4.69, 9.17) is 10.2 Å². The summed E-state index contributed by atoms with van der Waals surface area (Å²) in [5, 5.41) is 16.5. The number of rotatable bonds is 0. The maximum atomic E-state index is 8.25. The zero-order valence-electron chi connectivity index (χ0n) is 6.82. The molecule has 0 atom stereocenters. The van der Waals surface area contributed by atoms with Gasteiger partial charge >= 0.3 is 88.7 Å². The fourth-order valence-corrected chi connectivity index (χ4v) is 0. The zero-order valence-corrected chi connectivity index (χ0v) is 11.8. The molecule has 0 radical (unpaired) electrons. The van der Waals surface area contributed by atoms with Gasteiger partial charge in [-0.2, -0.15) is 14.2 Å². The molecule has 0 aromatic rings. The summed E-state index contributed by atoms with van der Waals surface area (Å²) in [6, 6.07) is 0. The Kier molecular flexibility index (Phi) is 306. The molecule has 5 heteroatoms. The zero-order chi connectivity index (χ0) is 4.00. The maximum absolute atomic E-state index is 8.25. The first-order chi connectivity index (χ1) is 2.00. The van der Waals surface area contributed by atoms with Crippen LogP contribution in [0.15, 0.2) is 0 Å². The Labute approximate surface area is 112 Å². The third-order valence-electron chi connectivity index (χ3n) is 0. The van der Waals surface area contributed by atoms with Gasteiger partial charge in [0.25, 0.3) is 0 Å². The molecule has 0 fully saturated rings. The molecule has 0 bridgehead atoms. The molecule has 30 valence electrons. The Balaban J connectivity index is -0.00000000167. The average Bonchev–Trinajstić information content (AvgIpc) is 1.50. The van der Waals surface area contributed by atoms with E-state index in [1.54, 1.807) is 0 Å². The van der Waals surface area contributed by atoms with Gasteiger partial charge in [0.05, 0.1) is 0 Å². The smallest absolute Gasteiger partial charge is 1.00 e. The second kappa shape index (κ2) is 65.6. The van der Waals surface area contributed by atoms with Crippen LogP contribution in [0.1, 0.15) is 1.43 Å². The van der Waals surface area contributed by atoms with Crippen LogP contribution >= 0.6 is 0 Å². The van der Waals surface area contributed by atoms with E-state index in [-0.39, 0.29) is 90.1 Å². The molecule has 0 aliphatic heterocycles. The van der Waals surface area contributed by atoms with Crippen molar-refractivity contribution < 1.29 is 100 Å². The summed E-state index contributed by atoms with van der Waals surface area (Å²) in [5.41, 5.74) is 0. The van der Waals surface area contributed by atoms with Gasteiger partial charge in [0, 0.05) is 0 Å². The molecule has 0 spiro atoms. The molecule has 2 nitrogen and oxygen atoms in total. The summed E-state index contributed by atoms with van der Waals surface area (Å²) in [7, 11) is 1.50. The van der Waals surface area contributed by atoms with Gasteiger partial charge in [0.15, 0.2) is 0 Å². The monoisotopic (exact) mass is 132 g/mol. The van der Waals surface area contributed by atoms with E-state index in [1.165, 1.54) is 0 Å². The van der Waals surface area contributed by atoms with Crippen LogP contribution in [-0.4, -0.2) is 14.2 Å². The molecular formula is C2H7Na3O2. The minimum Gasteiger partial charge on any atom is -1.00 e. The van der Waals surface area contributed by atoms with Gasteiger partial charge in [-0.3, -0.25) is 0 Å². The standard InChI is InChI=1S/2CH3O.3Na.H/c2*1-2;;;;/h2*1H3;;;;/q2*-1;3*+1;-1. The molecule has 0 saturated heterocycles. The van der Waals surface area contributed by atoms with Crippen molar-refractivity contribution in [1.82, 2.24) is 0 Å². The largest absolute Gasteiger partial charge is 1.00 e. The molecule has 0 aromatic carbocycles. The minimum atomic E-state index is 0. The fourth-order valence-electron chi connectivity index (χ4n) is 0. The third-order valence-corrected chi connectivity index (χ3v) is 0. The molecule has 0 unspecified atom stereocenters. The van der Waals surface area contributed by atoms with Crippen molar-refractivity contribution in [2.24, 2.45) is 0 Å². The first-order valence-electron chi connectivity index (χ1n) is 0.816. The van der Waals surface area contributed by atoms with Crippen LogP contribution in [0.2, 0.25) is 0 Å². The SMILES string of the molecule is C[O-].C[O-].[H-].[Na+].[Na+].[Na+]. The summed E-state index contributed by atoms with van der Waals surface area (Å²) in [4.78, 5) is 0. The van der Waals surface area contributed by atoms with Crippen LogP contribution < -0.4 is 98.9 Å². The van der Waals surface area contributed by atoms with Crippen LogP contribution in [0.5, 0.6) is 0 Å². The summed E-state index contributed by atoms with van der Waals surface area (Å²) < 4.78 is 0. The maximum Gasteiger partial charge on any atom is 1.00 e. The van der Waals surface area contributed by atoms with Crippen LogP contribution in [0.3, 0.4) is 0 Å². The quantitative estimate of drug-likeness (QED) is 0.307. The topological polar surface area (TPSA) is 46.1 Å². The van der Waals surface area contributed by atoms with E-state index in [2.05, 4.69) is 0 Å². The van der Waals surface area contributed by atoms with E-state index in [1.807, 2.05) is 0 Å². The van der Waals surface area contributed by atoms with Crippen molar-refractivity contribution in [3.63, 3.8) is 0 Å². The number of hydrogen-bond donors (Lipinski definition) is 0.